The summed E-state index contributed by atoms with van der Waals surface area (Å²) in [6.07, 6.45) is 9.50. The van der Waals surface area contributed by atoms with Gasteiger partial charge in [0.2, 0.25) is 11.8 Å². The monoisotopic (exact) mass is 347 g/mol. The van der Waals surface area contributed by atoms with Crippen LogP contribution in [-0.4, -0.2) is 52.4 Å². The van der Waals surface area contributed by atoms with Crippen molar-refractivity contribution in [3.05, 3.63) is 18.2 Å². The van der Waals surface area contributed by atoms with Crippen molar-refractivity contribution >= 4 is 11.8 Å². The summed E-state index contributed by atoms with van der Waals surface area (Å²) in [5.74, 6) is 1.24. The van der Waals surface area contributed by atoms with Crippen molar-refractivity contribution in [2.75, 3.05) is 26.2 Å². The Labute approximate surface area is 149 Å². The van der Waals surface area contributed by atoms with Crippen LogP contribution in [0.15, 0.2) is 12.4 Å². The van der Waals surface area contributed by atoms with Gasteiger partial charge in [-0.25, -0.2) is 4.98 Å². The van der Waals surface area contributed by atoms with Gasteiger partial charge in [0, 0.05) is 58.0 Å². The van der Waals surface area contributed by atoms with Gasteiger partial charge in [0.25, 0.3) is 0 Å². The van der Waals surface area contributed by atoms with Gasteiger partial charge in [-0.3, -0.25) is 9.59 Å². The lowest BCUT2D eigenvalue weighted by molar-refractivity contribution is -0.134. The molecule has 1 aromatic rings. The zero-order valence-electron chi connectivity index (χ0n) is 15.0. The second kappa shape index (κ2) is 8.47. The lowest BCUT2D eigenvalue weighted by Crippen LogP contribution is -2.50. The maximum Gasteiger partial charge on any atom is 0.225 e. The van der Waals surface area contributed by atoms with Gasteiger partial charge in [0.05, 0.1) is 0 Å². The van der Waals surface area contributed by atoms with Gasteiger partial charge in [0.15, 0.2) is 0 Å². The predicted molar refractivity (Wildman–Crippen MR) is 94.7 cm³/mol. The summed E-state index contributed by atoms with van der Waals surface area (Å²) in [5.41, 5.74) is 0. The minimum atomic E-state index is -0.0460. The van der Waals surface area contributed by atoms with Crippen LogP contribution in [-0.2, 0) is 16.6 Å². The van der Waals surface area contributed by atoms with Crippen molar-refractivity contribution in [2.24, 2.45) is 13.0 Å². The molecule has 138 valence electrons. The van der Waals surface area contributed by atoms with Crippen LogP contribution >= 0.6 is 0 Å². The van der Waals surface area contributed by atoms with Crippen LogP contribution in [0.3, 0.4) is 0 Å². The predicted octanol–water partition coefficient (Wildman–Crippen LogP) is 0.980. The number of nitrogens with one attached hydrogen (secondary N) is 2. The fourth-order valence-electron chi connectivity index (χ4n) is 3.88. The number of hydrogen-bond donors (Lipinski definition) is 2. The molecule has 2 N–H and O–H groups in total. The molecule has 1 atom stereocenters. The quantitative estimate of drug-likeness (QED) is 0.832. The minimum absolute atomic E-state index is 0.0460. The molecule has 25 heavy (non-hydrogen) atoms. The van der Waals surface area contributed by atoms with Crippen LogP contribution in [0.1, 0.15) is 50.4 Å². The lowest BCUT2D eigenvalue weighted by Gasteiger charge is -2.36. The Morgan fingerprint density at radius 2 is 2.12 bits per heavy atom. The van der Waals surface area contributed by atoms with E-state index in [1.807, 2.05) is 22.7 Å². The van der Waals surface area contributed by atoms with Gasteiger partial charge in [-0.05, 0) is 12.8 Å². The largest absolute Gasteiger partial charge is 0.355 e. The maximum atomic E-state index is 12.7. The summed E-state index contributed by atoms with van der Waals surface area (Å²) in [6, 6.07) is -0.0460. The first-order chi connectivity index (χ1) is 12.2. The molecule has 1 aliphatic heterocycles. The first-order valence-corrected chi connectivity index (χ1v) is 9.42. The van der Waals surface area contributed by atoms with E-state index in [2.05, 4.69) is 15.6 Å². The normalized spacial score (nSPS) is 22.0. The second-order valence-electron chi connectivity index (χ2n) is 7.08. The average Bonchev–Trinajstić information content (AvgIpc) is 3.08. The topological polar surface area (TPSA) is 79.3 Å². The van der Waals surface area contributed by atoms with E-state index in [0.29, 0.717) is 26.1 Å². The van der Waals surface area contributed by atoms with Crippen LogP contribution in [0, 0.1) is 5.92 Å². The summed E-state index contributed by atoms with van der Waals surface area (Å²) in [4.78, 5) is 31.2. The first kappa shape index (κ1) is 17.9. The Bertz CT molecular complexity index is 594. The molecule has 1 saturated carbocycles. The standard InChI is InChI=1S/C18H29N5O2/c1-22-11-10-20-17(22)15-13-19-9-12-23(15)16(24)7-8-21-18(25)14-5-3-2-4-6-14/h10-11,14-15,19H,2-9,12-13H2,1H3,(H,21,25). The summed E-state index contributed by atoms with van der Waals surface area (Å²) >= 11 is 0. The molecule has 2 aliphatic rings. The van der Waals surface area contributed by atoms with Crippen molar-refractivity contribution in [3.8, 4) is 0 Å². The number of aryl methyl sites for hydroxylation is 1. The van der Waals surface area contributed by atoms with Gasteiger partial charge in [0.1, 0.15) is 11.9 Å². The third kappa shape index (κ3) is 4.39. The Balaban J connectivity index is 1.51. The van der Waals surface area contributed by atoms with E-state index < -0.39 is 0 Å². The van der Waals surface area contributed by atoms with Crippen molar-refractivity contribution in [2.45, 2.75) is 44.6 Å². The molecule has 2 fully saturated rings. The Morgan fingerprint density at radius 3 is 2.84 bits per heavy atom. The van der Waals surface area contributed by atoms with Crippen molar-refractivity contribution in [1.29, 1.82) is 0 Å². The third-order valence-corrected chi connectivity index (χ3v) is 5.33. The van der Waals surface area contributed by atoms with Gasteiger partial charge in [-0.15, -0.1) is 0 Å². The highest BCUT2D eigenvalue weighted by atomic mass is 16.2. The summed E-state index contributed by atoms with van der Waals surface area (Å²) in [7, 11) is 1.95. The molecule has 1 unspecified atom stereocenters. The first-order valence-electron chi connectivity index (χ1n) is 9.42. The SMILES string of the molecule is Cn1ccnc1C1CNCCN1C(=O)CCNC(=O)C1CCCCC1. The van der Waals surface area contributed by atoms with Gasteiger partial charge >= 0.3 is 0 Å². The molecule has 2 heterocycles. The second-order valence-corrected chi connectivity index (χ2v) is 7.08. The summed E-state index contributed by atoms with van der Waals surface area (Å²) in [6.45, 7) is 2.60. The number of amides is 2. The Kier molecular flexibility index (Phi) is 6.07. The highest BCUT2D eigenvalue weighted by Crippen LogP contribution is 2.24. The number of nitrogens with zero attached hydrogens (tertiary/aromatic N) is 3. The number of imidazole rings is 1. The van der Waals surface area contributed by atoms with Gasteiger partial charge in [-0.1, -0.05) is 19.3 Å². The van der Waals surface area contributed by atoms with Gasteiger partial charge in [-0.2, -0.15) is 0 Å². The number of aromatic nitrogens is 2. The summed E-state index contributed by atoms with van der Waals surface area (Å²) in [5, 5.41) is 6.30. The molecule has 3 rings (SSSR count). The average molecular weight is 347 g/mol. The molecule has 0 spiro atoms. The van der Waals surface area contributed by atoms with Crippen LogP contribution in [0.4, 0.5) is 0 Å². The van der Waals surface area contributed by atoms with E-state index in [1.54, 1.807) is 6.20 Å². The van der Waals surface area contributed by atoms with E-state index in [4.69, 9.17) is 0 Å². The lowest BCUT2D eigenvalue weighted by atomic mass is 9.89. The molecule has 7 nitrogen and oxygen atoms in total. The minimum Gasteiger partial charge on any atom is -0.355 e. The molecule has 0 radical (unpaired) electrons. The number of carbonyl (C=O) groups is 2. The number of carbonyl (C=O) groups excluding carboxylic acids is 2. The number of rotatable bonds is 5. The molecule has 0 aromatic carbocycles. The van der Waals surface area contributed by atoms with Crippen LogP contribution in [0.2, 0.25) is 0 Å². The Hall–Kier alpha value is -1.89. The smallest absolute Gasteiger partial charge is 0.225 e. The molecular formula is C18H29N5O2. The van der Waals surface area contributed by atoms with Crippen LogP contribution in [0.5, 0.6) is 0 Å². The van der Waals surface area contributed by atoms with Crippen molar-refractivity contribution < 1.29 is 9.59 Å². The van der Waals surface area contributed by atoms with Gasteiger partial charge < -0.3 is 20.1 Å². The highest BCUT2D eigenvalue weighted by molar-refractivity contribution is 5.80. The Morgan fingerprint density at radius 1 is 1.32 bits per heavy atom. The summed E-state index contributed by atoms with van der Waals surface area (Å²) < 4.78 is 1.96. The van der Waals surface area contributed by atoms with E-state index >= 15 is 0 Å². The molecule has 7 heteroatoms. The molecule has 1 aromatic heterocycles. The van der Waals surface area contributed by atoms with Crippen LogP contribution in [0.25, 0.3) is 0 Å². The highest BCUT2D eigenvalue weighted by Gasteiger charge is 2.30. The number of piperazine rings is 1. The molecule has 0 bridgehead atoms. The molecular weight excluding hydrogens is 318 g/mol. The molecule has 1 aliphatic carbocycles. The van der Waals surface area contributed by atoms with Crippen molar-refractivity contribution in [1.82, 2.24) is 25.1 Å². The zero-order valence-corrected chi connectivity index (χ0v) is 15.0. The maximum absolute atomic E-state index is 12.7. The van der Waals surface area contributed by atoms with E-state index in [0.717, 1.165) is 38.1 Å². The third-order valence-electron chi connectivity index (χ3n) is 5.33. The number of hydrogen-bond acceptors (Lipinski definition) is 4. The van der Waals surface area contributed by atoms with E-state index in [9.17, 15) is 9.59 Å². The van der Waals surface area contributed by atoms with E-state index in [-0.39, 0.29) is 23.8 Å². The zero-order chi connectivity index (χ0) is 17.6. The van der Waals surface area contributed by atoms with E-state index in [1.165, 1.54) is 6.42 Å². The fourth-order valence-corrected chi connectivity index (χ4v) is 3.88. The fraction of sp³-hybridized carbons (Fsp3) is 0.722. The van der Waals surface area contributed by atoms with Crippen molar-refractivity contribution in [3.63, 3.8) is 0 Å². The van der Waals surface area contributed by atoms with Crippen LogP contribution < -0.4 is 10.6 Å². The molecule has 2 amide bonds. The molecule has 1 saturated heterocycles.